The van der Waals surface area contributed by atoms with Crippen molar-refractivity contribution in [2.24, 2.45) is 0 Å². The molecule has 301 valence electrons. The molecule has 0 bridgehead atoms. The number of aromatic nitrogens is 1. The summed E-state index contributed by atoms with van der Waals surface area (Å²) >= 11 is 0. The van der Waals surface area contributed by atoms with Gasteiger partial charge in [-0.25, -0.2) is 9.59 Å². The van der Waals surface area contributed by atoms with Gasteiger partial charge in [0.1, 0.15) is 0 Å². The molecule has 1 atom stereocenters. The molecule has 5 aromatic rings. The van der Waals surface area contributed by atoms with Crippen LogP contribution in [-0.2, 0) is 41.9 Å². The van der Waals surface area contributed by atoms with Crippen molar-refractivity contribution in [1.29, 1.82) is 0 Å². The largest absolute Gasteiger partial charge is 1.00 e. The summed E-state index contributed by atoms with van der Waals surface area (Å²) in [6.45, 7) is 2.13. The van der Waals surface area contributed by atoms with E-state index in [1.807, 2.05) is 24.4 Å². The van der Waals surface area contributed by atoms with Crippen LogP contribution < -0.4 is 84.4 Å². The first-order valence-electron chi connectivity index (χ1n) is 18.3. The average Bonchev–Trinajstić information content (AvgIpc) is 3.88. The number of methoxy groups -OCH3 is 2. The van der Waals surface area contributed by atoms with Crippen LogP contribution in [0.5, 0.6) is 46.0 Å². The normalized spacial score (nSPS) is 15.7. The Kier molecular flexibility index (Phi) is 13.3. The molecule has 59 heavy (non-hydrogen) atoms. The van der Waals surface area contributed by atoms with Crippen LogP contribution in [0.2, 0.25) is 0 Å². The number of aliphatic carboxylic acids is 2. The fraction of sp³-hybridized carbons (Fsp3) is 0.310. The molecular formula is C42H40BClN2NaO12. The molecule has 10 rings (SSSR count). The van der Waals surface area contributed by atoms with Gasteiger partial charge in [-0.2, -0.15) is 4.57 Å². The summed E-state index contributed by atoms with van der Waals surface area (Å²) in [6, 6.07) is 18.3. The van der Waals surface area contributed by atoms with Gasteiger partial charge >= 0.3 is 41.5 Å². The molecule has 6 heterocycles. The first-order valence-corrected chi connectivity index (χ1v) is 18.3. The molecule has 0 aliphatic carbocycles. The second-order valence-corrected chi connectivity index (χ2v) is 14.0. The van der Waals surface area contributed by atoms with Crippen LogP contribution in [-0.4, -0.2) is 83.0 Å². The number of carbonyl (C=O) groups is 2. The number of fused-ring (bicyclic) bond motifs is 10. The zero-order chi connectivity index (χ0) is 38.5. The van der Waals surface area contributed by atoms with E-state index in [4.69, 9.17) is 48.1 Å². The number of hydrogen-bond donors (Lipinski definition) is 2. The minimum absolute atomic E-state index is 0. The first kappa shape index (κ1) is 43.5. The Hall–Kier alpha value is -5.06. The number of aryl methyl sites for hydroxylation is 2. The summed E-state index contributed by atoms with van der Waals surface area (Å²) in [4.78, 5) is 24.4. The fourth-order valence-corrected chi connectivity index (χ4v) is 8.29. The molecule has 5 aliphatic rings. The zero-order valence-electron chi connectivity index (χ0n) is 33.7. The molecule has 2 N–H and O–H groups in total. The van der Waals surface area contributed by atoms with Crippen molar-refractivity contribution in [3.63, 3.8) is 0 Å². The second-order valence-electron chi connectivity index (χ2n) is 14.0. The van der Waals surface area contributed by atoms with Gasteiger partial charge in [0, 0.05) is 45.6 Å². The molecule has 0 spiro atoms. The van der Waals surface area contributed by atoms with Crippen molar-refractivity contribution in [3.05, 3.63) is 88.6 Å². The van der Waals surface area contributed by atoms with Gasteiger partial charge in [-0.15, -0.1) is 0 Å². The van der Waals surface area contributed by atoms with Gasteiger partial charge in [-0.3, -0.25) is 4.90 Å². The van der Waals surface area contributed by atoms with Gasteiger partial charge in [0.25, 0.3) is 0 Å². The van der Waals surface area contributed by atoms with E-state index in [2.05, 4.69) is 39.8 Å². The maximum atomic E-state index is 11.0. The molecule has 14 nitrogen and oxygen atoms in total. The van der Waals surface area contributed by atoms with Gasteiger partial charge in [-0.05, 0) is 82.9 Å². The van der Waals surface area contributed by atoms with E-state index >= 15 is 0 Å². The van der Waals surface area contributed by atoms with Gasteiger partial charge in [0.05, 0.1) is 25.2 Å². The first-order chi connectivity index (χ1) is 27.3. The molecule has 0 amide bonds. The zero-order valence-corrected chi connectivity index (χ0v) is 35.5. The Labute approximate surface area is 371 Å². The molecule has 3 radical (unpaired) electrons. The van der Waals surface area contributed by atoms with Crippen LogP contribution in [0.1, 0.15) is 35.3 Å². The van der Waals surface area contributed by atoms with Crippen LogP contribution in [0.4, 0.5) is 0 Å². The summed E-state index contributed by atoms with van der Waals surface area (Å²) in [7, 11) is 3.11. The van der Waals surface area contributed by atoms with Crippen LogP contribution in [0, 0.1) is 0 Å². The number of carboxylic acids is 2. The Morgan fingerprint density at radius 3 is 2.08 bits per heavy atom. The van der Waals surface area contributed by atoms with Crippen molar-refractivity contribution < 1.29 is 106 Å². The fourth-order valence-electron chi connectivity index (χ4n) is 8.29. The van der Waals surface area contributed by atoms with E-state index in [-0.39, 0.29) is 78.0 Å². The number of hydrogen-bond acceptors (Lipinski definition) is 11. The van der Waals surface area contributed by atoms with Gasteiger partial charge in [0.15, 0.2) is 72.0 Å². The molecule has 0 fully saturated rings. The van der Waals surface area contributed by atoms with Crippen molar-refractivity contribution in [1.82, 2.24) is 4.90 Å². The van der Waals surface area contributed by atoms with E-state index < -0.39 is 18.5 Å². The van der Waals surface area contributed by atoms with E-state index in [1.54, 1.807) is 20.3 Å². The van der Waals surface area contributed by atoms with E-state index in [0.717, 1.165) is 88.5 Å². The molecule has 0 saturated heterocycles. The van der Waals surface area contributed by atoms with E-state index in [0.29, 0.717) is 29.5 Å². The second kappa shape index (κ2) is 18.1. The molecule has 0 saturated carbocycles. The predicted octanol–water partition coefficient (Wildman–Crippen LogP) is -1.17. The SMILES string of the molecule is COc1ccc2c(c1OCC(=O)O)CN1CCc3cc4c(cc3C1C2)OCO4.COc1ccc2cc3[n+](cc2c1OCC(=O)O)CCc1cc2c(cc1-3)OCO2.[B].[Cl-].[H-].[Na+]. The third kappa shape index (κ3) is 8.26. The van der Waals surface area contributed by atoms with Crippen molar-refractivity contribution >= 4 is 31.1 Å². The van der Waals surface area contributed by atoms with Gasteiger partial charge in [0.2, 0.25) is 19.3 Å². The molecule has 1 unspecified atom stereocenters. The number of rotatable bonds is 8. The third-order valence-corrected chi connectivity index (χ3v) is 10.9. The Morgan fingerprint density at radius 1 is 0.797 bits per heavy atom. The predicted molar refractivity (Wildman–Crippen MR) is 205 cm³/mol. The molecular weight excluding hydrogens is 794 g/mol. The molecule has 4 aromatic carbocycles. The maximum absolute atomic E-state index is 11.0. The number of carboxylic acid groups (broad SMARTS) is 2. The van der Waals surface area contributed by atoms with Crippen LogP contribution in [0.15, 0.2) is 60.8 Å². The van der Waals surface area contributed by atoms with Crippen molar-refractivity contribution in [2.45, 2.75) is 38.4 Å². The summed E-state index contributed by atoms with van der Waals surface area (Å²) in [5.41, 5.74) is 8.17. The smallest absolute Gasteiger partial charge is 1.00 e. The number of pyridine rings is 1. The number of nitrogens with zero attached hydrogens (tertiary/aromatic N) is 2. The number of benzene rings is 4. The Morgan fingerprint density at radius 2 is 1.41 bits per heavy atom. The minimum atomic E-state index is -1.03. The number of ether oxygens (including phenoxy) is 8. The number of halogens is 1. The van der Waals surface area contributed by atoms with E-state index in [9.17, 15) is 9.59 Å². The average molecular weight is 834 g/mol. The minimum Gasteiger partial charge on any atom is -1.00 e. The summed E-state index contributed by atoms with van der Waals surface area (Å²) in [5, 5.41) is 19.8. The van der Waals surface area contributed by atoms with Gasteiger partial charge in [-0.1, -0.05) is 6.07 Å². The monoisotopic (exact) mass is 833 g/mol. The quantitative estimate of drug-likeness (QED) is 0.143. The van der Waals surface area contributed by atoms with Crippen LogP contribution in [0.25, 0.3) is 22.0 Å². The van der Waals surface area contributed by atoms with E-state index in [1.165, 1.54) is 16.7 Å². The summed E-state index contributed by atoms with van der Waals surface area (Å²) in [5.74, 6) is 3.21. The van der Waals surface area contributed by atoms with Crippen molar-refractivity contribution in [3.8, 4) is 57.3 Å². The maximum Gasteiger partial charge on any atom is 1.00 e. The summed E-state index contributed by atoms with van der Waals surface area (Å²) < 4.78 is 46.3. The standard InChI is InChI=1S/C21H21NO6.C21H17NO6.B.ClH.Na.H/c2*1-25-17-3-2-12-6-16-14-8-19-18(27-11-28-19)7-13(14)4-5-22(16)9-15(12)21(17)26-10-20(23)24;;;;/h2-3,7-8,16H,4-6,9-11H2,1H3,(H,23,24);2-3,6-9H,4-5,10-11H2,1H3;;1H;;/q;;;;+1;-1. The summed E-state index contributed by atoms with van der Waals surface area (Å²) in [6.07, 6.45) is 4.63. The topological polar surface area (TPSA) is 156 Å². The molecule has 17 heteroatoms. The van der Waals surface area contributed by atoms with Crippen molar-refractivity contribution in [2.75, 3.05) is 47.6 Å². The van der Waals surface area contributed by atoms with Crippen LogP contribution >= 0.6 is 0 Å². The third-order valence-electron chi connectivity index (χ3n) is 10.9. The van der Waals surface area contributed by atoms with Gasteiger partial charge < -0.3 is 61.9 Å². The molecule has 5 aliphatic heterocycles. The Balaban J connectivity index is 0.000000213. The van der Waals surface area contributed by atoms with Crippen LogP contribution in [0.3, 0.4) is 0 Å². The Bertz CT molecular complexity index is 2440. The molecule has 1 aromatic heterocycles.